The highest BCUT2D eigenvalue weighted by Crippen LogP contribution is 2.37. The van der Waals surface area contributed by atoms with Gasteiger partial charge in [-0.15, -0.1) is 12.4 Å². The third-order valence-corrected chi connectivity index (χ3v) is 3.32. The van der Waals surface area contributed by atoms with Crippen molar-refractivity contribution in [2.75, 3.05) is 0 Å². The van der Waals surface area contributed by atoms with E-state index in [9.17, 15) is 9.90 Å². The lowest BCUT2D eigenvalue weighted by atomic mass is 9.77. The average molecular weight is 270 g/mol. The van der Waals surface area contributed by atoms with E-state index in [0.717, 1.165) is 5.56 Å². The first-order valence-electron chi connectivity index (χ1n) is 5.96. The monoisotopic (exact) mass is 269 g/mol. The summed E-state index contributed by atoms with van der Waals surface area (Å²) >= 11 is 0. The molecule has 1 aliphatic heterocycles. The summed E-state index contributed by atoms with van der Waals surface area (Å²) in [6.07, 6.45) is 0.568. The first kappa shape index (κ1) is 15.0. The van der Waals surface area contributed by atoms with Gasteiger partial charge in [-0.25, -0.2) is 0 Å². The molecule has 18 heavy (non-hydrogen) atoms. The minimum Gasteiger partial charge on any atom is -0.480 e. The standard InChI is InChI=1S/C14H19NO2.ClH/c1-14(2,3)12-10-7-5-4-6-9(10)8-11(15-12)13(16)17;/h4-7,11-12,15H,8H2,1-3H3,(H,16,17);1H. The van der Waals surface area contributed by atoms with Gasteiger partial charge in [0.05, 0.1) is 0 Å². The summed E-state index contributed by atoms with van der Waals surface area (Å²) < 4.78 is 0. The predicted molar refractivity (Wildman–Crippen MR) is 74.1 cm³/mol. The van der Waals surface area contributed by atoms with Gasteiger partial charge in [-0.3, -0.25) is 10.1 Å². The van der Waals surface area contributed by atoms with E-state index >= 15 is 0 Å². The summed E-state index contributed by atoms with van der Waals surface area (Å²) in [7, 11) is 0. The molecule has 0 bridgehead atoms. The Kier molecular flexibility index (Phi) is 4.41. The molecule has 0 radical (unpaired) electrons. The Morgan fingerprint density at radius 3 is 2.50 bits per heavy atom. The Labute approximate surface area is 114 Å². The second-order valence-corrected chi connectivity index (χ2v) is 5.76. The van der Waals surface area contributed by atoms with Crippen LogP contribution in [0.2, 0.25) is 0 Å². The maximum Gasteiger partial charge on any atom is 0.321 e. The fourth-order valence-corrected chi connectivity index (χ4v) is 2.45. The smallest absolute Gasteiger partial charge is 0.321 e. The van der Waals surface area contributed by atoms with Crippen LogP contribution in [0.15, 0.2) is 24.3 Å². The Hall–Kier alpha value is -1.06. The third-order valence-electron chi connectivity index (χ3n) is 3.32. The molecule has 1 heterocycles. The van der Waals surface area contributed by atoms with Crippen molar-refractivity contribution in [3.8, 4) is 0 Å². The minimum atomic E-state index is -0.770. The number of carbonyl (C=O) groups is 1. The van der Waals surface area contributed by atoms with Gasteiger partial charge >= 0.3 is 5.97 Å². The van der Waals surface area contributed by atoms with Gasteiger partial charge in [0, 0.05) is 6.04 Å². The number of nitrogens with one attached hydrogen (secondary N) is 1. The topological polar surface area (TPSA) is 49.3 Å². The van der Waals surface area contributed by atoms with E-state index in [1.807, 2.05) is 18.2 Å². The van der Waals surface area contributed by atoms with Crippen molar-refractivity contribution < 1.29 is 9.90 Å². The van der Waals surface area contributed by atoms with Crippen molar-refractivity contribution in [2.24, 2.45) is 5.41 Å². The molecule has 2 unspecified atom stereocenters. The molecule has 0 saturated carbocycles. The molecule has 100 valence electrons. The van der Waals surface area contributed by atoms with Gasteiger partial charge in [-0.2, -0.15) is 0 Å². The summed E-state index contributed by atoms with van der Waals surface area (Å²) in [6.45, 7) is 6.39. The molecule has 0 fully saturated rings. The normalized spacial score (nSPS) is 22.8. The van der Waals surface area contributed by atoms with Crippen LogP contribution in [0.4, 0.5) is 0 Å². The Morgan fingerprint density at radius 1 is 1.33 bits per heavy atom. The highest BCUT2D eigenvalue weighted by Gasteiger charge is 2.36. The first-order valence-corrected chi connectivity index (χ1v) is 5.96. The first-order chi connectivity index (χ1) is 7.89. The maximum absolute atomic E-state index is 11.2. The van der Waals surface area contributed by atoms with Gasteiger partial charge in [0.25, 0.3) is 0 Å². The number of benzene rings is 1. The fraction of sp³-hybridized carbons (Fsp3) is 0.500. The zero-order valence-corrected chi connectivity index (χ0v) is 11.8. The lowest BCUT2D eigenvalue weighted by Crippen LogP contribution is -2.48. The lowest BCUT2D eigenvalue weighted by molar-refractivity contribution is -0.140. The van der Waals surface area contributed by atoms with E-state index in [2.05, 4.69) is 32.2 Å². The number of halogens is 1. The number of fused-ring (bicyclic) bond motifs is 1. The number of hydrogen-bond donors (Lipinski definition) is 2. The number of carboxylic acids is 1. The Morgan fingerprint density at radius 2 is 1.94 bits per heavy atom. The molecule has 4 heteroatoms. The van der Waals surface area contributed by atoms with Crippen LogP contribution in [0.1, 0.15) is 37.9 Å². The number of rotatable bonds is 1. The minimum absolute atomic E-state index is 0. The van der Waals surface area contributed by atoms with Crippen LogP contribution in [0, 0.1) is 5.41 Å². The molecule has 2 atom stereocenters. The van der Waals surface area contributed by atoms with Gasteiger partial charge in [0.15, 0.2) is 0 Å². The fourth-order valence-electron chi connectivity index (χ4n) is 2.45. The van der Waals surface area contributed by atoms with Gasteiger partial charge < -0.3 is 5.11 Å². The van der Waals surface area contributed by atoms with Crippen molar-refractivity contribution in [2.45, 2.75) is 39.3 Å². The van der Waals surface area contributed by atoms with E-state index < -0.39 is 12.0 Å². The molecule has 3 nitrogen and oxygen atoms in total. The Balaban J connectivity index is 0.00000162. The van der Waals surface area contributed by atoms with Crippen molar-refractivity contribution >= 4 is 18.4 Å². The second kappa shape index (κ2) is 5.29. The molecular formula is C14H20ClNO2. The summed E-state index contributed by atoms with van der Waals surface area (Å²) in [5, 5.41) is 12.4. The summed E-state index contributed by atoms with van der Waals surface area (Å²) in [5.74, 6) is -0.770. The molecule has 1 aliphatic rings. The molecule has 1 aromatic carbocycles. The van der Waals surface area contributed by atoms with Crippen LogP contribution in [0.3, 0.4) is 0 Å². The van der Waals surface area contributed by atoms with Crippen LogP contribution in [0.25, 0.3) is 0 Å². The largest absolute Gasteiger partial charge is 0.480 e. The summed E-state index contributed by atoms with van der Waals surface area (Å²) in [6, 6.07) is 7.73. The molecule has 0 aromatic heterocycles. The van der Waals surface area contributed by atoms with Crippen molar-refractivity contribution in [1.82, 2.24) is 5.32 Å². The second-order valence-electron chi connectivity index (χ2n) is 5.76. The van der Waals surface area contributed by atoms with E-state index in [1.54, 1.807) is 0 Å². The molecule has 2 rings (SSSR count). The highest BCUT2D eigenvalue weighted by atomic mass is 35.5. The summed E-state index contributed by atoms with van der Waals surface area (Å²) in [4.78, 5) is 11.2. The SMILES string of the molecule is CC(C)(C)C1NC(C(=O)O)Cc2ccccc21.Cl. The van der Waals surface area contributed by atoms with Crippen LogP contribution in [-0.4, -0.2) is 17.1 Å². The zero-order valence-electron chi connectivity index (χ0n) is 10.9. The number of hydrogen-bond acceptors (Lipinski definition) is 2. The lowest BCUT2D eigenvalue weighted by Gasteiger charge is -2.39. The maximum atomic E-state index is 11.2. The quantitative estimate of drug-likeness (QED) is 0.824. The van der Waals surface area contributed by atoms with Gasteiger partial charge in [0.1, 0.15) is 6.04 Å². The molecule has 0 saturated heterocycles. The molecule has 1 aromatic rings. The van der Waals surface area contributed by atoms with Crippen LogP contribution < -0.4 is 5.32 Å². The van der Waals surface area contributed by atoms with Gasteiger partial charge in [-0.05, 0) is 23.0 Å². The third kappa shape index (κ3) is 2.85. The summed E-state index contributed by atoms with van der Waals surface area (Å²) in [5.41, 5.74) is 2.39. The predicted octanol–water partition coefficient (Wildman–Crippen LogP) is 2.79. The van der Waals surface area contributed by atoms with Crippen LogP contribution >= 0.6 is 12.4 Å². The highest BCUT2D eigenvalue weighted by molar-refractivity contribution is 5.85. The van der Waals surface area contributed by atoms with E-state index in [-0.39, 0.29) is 23.9 Å². The van der Waals surface area contributed by atoms with Crippen molar-refractivity contribution in [3.63, 3.8) is 0 Å². The van der Waals surface area contributed by atoms with E-state index in [4.69, 9.17) is 0 Å². The number of aliphatic carboxylic acids is 1. The van der Waals surface area contributed by atoms with Gasteiger partial charge in [0.2, 0.25) is 0 Å². The Bertz CT molecular complexity index is 440. The number of carboxylic acid groups (broad SMARTS) is 1. The van der Waals surface area contributed by atoms with E-state index in [1.165, 1.54) is 5.56 Å². The molecule has 0 amide bonds. The van der Waals surface area contributed by atoms with Gasteiger partial charge in [-0.1, -0.05) is 45.0 Å². The van der Waals surface area contributed by atoms with Crippen LogP contribution in [-0.2, 0) is 11.2 Å². The average Bonchev–Trinajstić information content (AvgIpc) is 2.26. The van der Waals surface area contributed by atoms with E-state index in [0.29, 0.717) is 6.42 Å². The zero-order chi connectivity index (χ0) is 12.6. The molecule has 2 N–H and O–H groups in total. The molecular weight excluding hydrogens is 250 g/mol. The molecule has 0 spiro atoms. The van der Waals surface area contributed by atoms with Crippen molar-refractivity contribution in [3.05, 3.63) is 35.4 Å². The molecule has 0 aliphatic carbocycles. The van der Waals surface area contributed by atoms with Crippen molar-refractivity contribution in [1.29, 1.82) is 0 Å². The van der Waals surface area contributed by atoms with Crippen LogP contribution in [0.5, 0.6) is 0 Å².